The first kappa shape index (κ1) is 17.6. The summed E-state index contributed by atoms with van der Waals surface area (Å²) in [5, 5.41) is 8.96. The minimum absolute atomic E-state index is 0.0828. The number of Topliss-reactive ketones (excluding diaryl/α,β-unsaturated/α-hetero) is 1. The molecular weight excluding hydrogens is 332 g/mol. The first-order valence-corrected chi connectivity index (χ1v) is 9.20. The highest BCUT2D eigenvalue weighted by atomic mass is 32.2. The number of fused-ring (bicyclic) bond motifs is 1. The molecule has 0 unspecified atom stereocenters. The summed E-state index contributed by atoms with van der Waals surface area (Å²) in [6.07, 6.45) is 0. The number of benzene rings is 1. The Morgan fingerprint density at radius 3 is 2.44 bits per heavy atom. The van der Waals surface area contributed by atoms with E-state index in [0.717, 1.165) is 17.0 Å². The smallest absolute Gasteiger partial charge is 0.256 e. The average Bonchev–Trinajstić information content (AvgIpc) is 2.95. The third-order valence-electron chi connectivity index (χ3n) is 4.07. The van der Waals surface area contributed by atoms with Crippen molar-refractivity contribution < 1.29 is 4.79 Å². The highest BCUT2D eigenvalue weighted by molar-refractivity contribution is 7.99. The maximum Gasteiger partial charge on any atom is 0.256 e. The Bertz CT molecular complexity index is 923. The van der Waals surface area contributed by atoms with Crippen LogP contribution < -0.4 is 0 Å². The molecule has 0 N–H and O–H groups in total. The van der Waals surface area contributed by atoms with Crippen LogP contribution in [0.4, 0.5) is 0 Å². The molecular formula is C19H22N4OS. The first-order chi connectivity index (χ1) is 11.8. The molecule has 0 spiro atoms. The van der Waals surface area contributed by atoms with Crippen LogP contribution in [0.3, 0.4) is 0 Å². The van der Waals surface area contributed by atoms with Crippen LogP contribution in [0.2, 0.25) is 0 Å². The van der Waals surface area contributed by atoms with Gasteiger partial charge >= 0.3 is 0 Å². The Morgan fingerprint density at radius 1 is 1.12 bits per heavy atom. The Balaban J connectivity index is 1.75. The van der Waals surface area contributed by atoms with Gasteiger partial charge in [-0.25, -0.2) is 4.98 Å². The van der Waals surface area contributed by atoms with E-state index in [4.69, 9.17) is 0 Å². The second-order valence-corrected chi connectivity index (χ2v) is 8.14. The van der Waals surface area contributed by atoms with Crippen molar-refractivity contribution in [2.75, 3.05) is 5.75 Å². The highest BCUT2D eigenvalue weighted by Crippen LogP contribution is 2.23. The number of aryl methyl sites for hydroxylation is 2. The van der Waals surface area contributed by atoms with Gasteiger partial charge in [0.05, 0.1) is 5.75 Å². The predicted molar refractivity (Wildman–Crippen MR) is 100 cm³/mol. The lowest BCUT2D eigenvalue weighted by atomic mass is 9.86. The normalized spacial score (nSPS) is 11.9. The van der Waals surface area contributed by atoms with Gasteiger partial charge in [-0.3, -0.25) is 9.20 Å². The molecule has 0 aliphatic heterocycles. The van der Waals surface area contributed by atoms with Gasteiger partial charge < -0.3 is 0 Å². The largest absolute Gasteiger partial charge is 0.293 e. The topological polar surface area (TPSA) is 60.2 Å². The third kappa shape index (κ3) is 3.74. The zero-order valence-corrected chi connectivity index (χ0v) is 16.0. The number of carbonyl (C=O) groups is 1. The summed E-state index contributed by atoms with van der Waals surface area (Å²) in [5.74, 6) is 0.977. The van der Waals surface area contributed by atoms with Crippen molar-refractivity contribution in [3.05, 3.63) is 52.8 Å². The quantitative estimate of drug-likeness (QED) is 0.523. The highest BCUT2D eigenvalue weighted by Gasteiger charge is 2.16. The van der Waals surface area contributed by atoms with Crippen LogP contribution >= 0.6 is 11.8 Å². The molecule has 130 valence electrons. The Hall–Kier alpha value is -2.21. The molecule has 0 aliphatic rings. The molecule has 0 saturated carbocycles. The summed E-state index contributed by atoms with van der Waals surface area (Å²) in [6.45, 7) is 10.4. The molecule has 0 fully saturated rings. The number of aromatic nitrogens is 4. The molecule has 25 heavy (non-hydrogen) atoms. The molecule has 6 heteroatoms. The zero-order valence-electron chi connectivity index (χ0n) is 15.2. The van der Waals surface area contributed by atoms with E-state index in [2.05, 4.69) is 36.0 Å². The summed E-state index contributed by atoms with van der Waals surface area (Å²) < 4.78 is 1.88. The first-order valence-electron chi connectivity index (χ1n) is 8.21. The molecule has 3 rings (SSSR count). The minimum atomic E-state index is 0.0828. The van der Waals surface area contributed by atoms with E-state index >= 15 is 0 Å². The maximum absolute atomic E-state index is 12.5. The van der Waals surface area contributed by atoms with Crippen LogP contribution in [0.15, 0.2) is 35.5 Å². The van der Waals surface area contributed by atoms with Gasteiger partial charge in [-0.1, -0.05) is 56.8 Å². The monoisotopic (exact) mass is 354 g/mol. The van der Waals surface area contributed by atoms with E-state index in [9.17, 15) is 4.79 Å². The van der Waals surface area contributed by atoms with Gasteiger partial charge in [0, 0.05) is 17.0 Å². The number of carbonyl (C=O) groups excluding carboxylic acids is 1. The second-order valence-electron chi connectivity index (χ2n) is 7.20. The number of thioether (sulfide) groups is 1. The van der Waals surface area contributed by atoms with E-state index in [-0.39, 0.29) is 11.2 Å². The van der Waals surface area contributed by atoms with E-state index in [1.807, 2.05) is 48.6 Å². The fraction of sp³-hybridized carbons (Fsp3) is 0.368. The van der Waals surface area contributed by atoms with Crippen molar-refractivity contribution >= 4 is 23.3 Å². The van der Waals surface area contributed by atoms with Crippen LogP contribution in [-0.4, -0.2) is 31.1 Å². The molecule has 3 aromatic rings. The van der Waals surface area contributed by atoms with E-state index in [1.165, 1.54) is 17.3 Å². The maximum atomic E-state index is 12.5. The Morgan fingerprint density at radius 2 is 1.80 bits per heavy atom. The SMILES string of the molecule is Cc1cc(C)n2c(SCC(=O)c3ccc(C(C)(C)C)cc3)nnc2n1. The lowest BCUT2D eigenvalue weighted by molar-refractivity contribution is 0.102. The average molecular weight is 354 g/mol. The lowest BCUT2D eigenvalue weighted by Gasteiger charge is -2.18. The molecule has 0 atom stereocenters. The van der Waals surface area contributed by atoms with Crippen molar-refractivity contribution in [1.82, 2.24) is 19.6 Å². The van der Waals surface area contributed by atoms with E-state index < -0.39 is 0 Å². The molecule has 0 saturated heterocycles. The zero-order chi connectivity index (χ0) is 18.2. The summed E-state index contributed by atoms with van der Waals surface area (Å²) in [5.41, 5.74) is 3.94. The van der Waals surface area contributed by atoms with Crippen molar-refractivity contribution in [1.29, 1.82) is 0 Å². The molecule has 5 nitrogen and oxygen atoms in total. The van der Waals surface area contributed by atoms with Crippen LogP contribution in [0.5, 0.6) is 0 Å². The molecule has 1 aromatic carbocycles. The van der Waals surface area contributed by atoms with Crippen LogP contribution in [0.25, 0.3) is 5.78 Å². The van der Waals surface area contributed by atoms with Crippen LogP contribution in [0.1, 0.15) is 48.1 Å². The summed E-state index contributed by atoms with van der Waals surface area (Å²) in [4.78, 5) is 16.8. The van der Waals surface area contributed by atoms with Crippen molar-refractivity contribution in [2.24, 2.45) is 0 Å². The number of rotatable bonds is 4. The van der Waals surface area contributed by atoms with Gasteiger partial charge in [-0.2, -0.15) is 0 Å². The number of ketones is 1. The molecule has 0 radical (unpaired) electrons. The Labute approximate surface area is 151 Å². The van der Waals surface area contributed by atoms with Gasteiger partial charge in [-0.15, -0.1) is 10.2 Å². The minimum Gasteiger partial charge on any atom is -0.293 e. The summed E-state index contributed by atoms with van der Waals surface area (Å²) >= 11 is 1.39. The van der Waals surface area contributed by atoms with Gasteiger partial charge in [-0.05, 0) is 30.9 Å². The van der Waals surface area contributed by atoms with Crippen molar-refractivity contribution in [3.8, 4) is 0 Å². The summed E-state index contributed by atoms with van der Waals surface area (Å²) in [6, 6.07) is 9.85. The third-order valence-corrected chi connectivity index (χ3v) is 5.00. The van der Waals surface area contributed by atoms with Gasteiger partial charge in [0.15, 0.2) is 10.9 Å². The lowest BCUT2D eigenvalue weighted by Crippen LogP contribution is -2.11. The number of hydrogen-bond donors (Lipinski definition) is 0. The molecule has 0 amide bonds. The fourth-order valence-electron chi connectivity index (χ4n) is 2.66. The predicted octanol–water partition coefficient (Wildman–Crippen LogP) is 4.01. The molecule has 0 aliphatic carbocycles. The van der Waals surface area contributed by atoms with E-state index in [0.29, 0.717) is 16.7 Å². The number of hydrogen-bond acceptors (Lipinski definition) is 5. The van der Waals surface area contributed by atoms with Crippen molar-refractivity contribution in [3.63, 3.8) is 0 Å². The Kier molecular flexibility index (Phi) is 4.64. The fourth-order valence-corrected chi connectivity index (χ4v) is 3.54. The van der Waals surface area contributed by atoms with Crippen LogP contribution in [-0.2, 0) is 5.41 Å². The van der Waals surface area contributed by atoms with Crippen molar-refractivity contribution in [2.45, 2.75) is 45.2 Å². The summed E-state index contributed by atoms with van der Waals surface area (Å²) in [7, 11) is 0. The standard InChI is InChI=1S/C19H22N4OS/c1-12-10-13(2)23-17(20-12)21-22-18(23)25-11-16(24)14-6-8-15(9-7-14)19(3,4)5/h6-10H,11H2,1-5H3. The second kappa shape index (κ2) is 6.59. The molecule has 2 aromatic heterocycles. The number of nitrogens with zero attached hydrogens (tertiary/aromatic N) is 4. The van der Waals surface area contributed by atoms with Gasteiger partial charge in [0.2, 0.25) is 0 Å². The molecule has 2 heterocycles. The van der Waals surface area contributed by atoms with E-state index in [1.54, 1.807) is 0 Å². The van der Waals surface area contributed by atoms with Gasteiger partial charge in [0.25, 0.3) is 5.78 Å². The van der Waals surface area contributed by atoms with Gasteiger partial charge in [0.1, 0.15) is 0 Å². The van der Waals surface area contributed by atoms with Crippen LogP contribution in [0, 0.1) is 13.8 Å². The molecule has 0 bridgehead atoms.